The molecule has 1 unspecified atom stereocenters. The third-order valence-electron chi connectivity index (χ3n) is 2.98. The monoisotopic (exact) mass is 282 g/mol. The molecule has 0 spiro atoms. The van der Waals surface area contributed by atoms with Crippen LogP contribution in [0.4, 0.5) is 0 Å². The zero-order valence-electron chi connectivity index (χ0n) is 11.4. The minimum atomic E-state index is -0.938. The molecule has 1 aromatic carbocycles. The summed E-state index contributed by atoms with van der Waals surface area (Å²) in [6, 6.07) is 6.70. The van der Waals surface area contributed by atoms with Gasteiger partial charge in [-0.1, -0.05) is 44.7 Å². The predicted octanol–water partition coefficient (Wildman–Crippen LogP) is 3.60. The third-order valence-corrected chi connectivity index (χ3v) is 4.38. The Bertz CT molecular complexity index is 429. The fourth-order valence-electron chi connectivity index (χ4n) is 1.92. The molecule has 0 aromatic heterocycles. The summed E-state index contributed by atoms with van der Waals surface area (Å²) in [6.45, 7) is 2.17. The number of hydrogen-bond acceptors (Lipinski definition) is 2. The molecule has 1 aromatic rings. The van der Waals surface area contributed by atoms with Gasteiger partial charge in [0.1, 0.15) is 0 Å². The van der Waals surface area contributed by atoms with Crippen molar-refractivity contribution in [3.63, 3.8) is 0 Å². The van der Waals surface area contributed by atoms with Gasteiger partial charge in [0.05, 0.1) is 5.56 Å². The molecule has 3 nitrogen and oxygen atoms in total. The van der Waals surface area contributed by atoms with E-state index >= 15 is 0 Å². The van der Waals surface area contributed by atoms with Gasteiger partial charge in [0.2, 0.25) is 0 Å². The van der Waals surface area contributed by atoms with Crippen LogP contribution in [0.1, 0.15) is 54.9 Å². The number of benzene rings is 1. The highest BCUT2D eigenvalue weighted by Crippen LogP contribution is 2.10. The molecule has 0 saturated carbocycles. The van der Waals surface area contributed by atoms with Crippen LogP contribution in [0, 0.1) is 0 Å². The molecule has 0 fully saturated rings. The highest BCUT2D eigenvalue weighted by Gasteiger charge is 2.06. The summed E-state index contributed by atoms with van der Waals surface area (Å²) >= 11 is 0. The van der Waals surface area contributed by atoms with Gasteiger partial charge in [0.15, 0.2) is 0 Å². The molecule has 19 heavy (non-hydrogen) atoms. The van der Waals surface area contributed by atoms with Crippen molar-refractivity contribution in [3.8, 4) is 0 Å². The first-order valence-electron chi connectivity index (χ1n) is 6.80. The molecule has 0 bridgehead atoms. The molecule has 4 heteroatoms. The van der Waals surface area contributed by atoms with E-state index < -0.39 is 16.8 Å². The summed E-state index contributed by atoms with van der Waals surface area (Å²) in [4.78, 5) is 10.8. The van der Waals surface area contributed by atoms with Crippen molar-refractivity contribution < 1.29 is 14.1 Å². The molecule has 0 aliphatic rings. The van der Waals surface area contributed by atoms with Crippen LogP contribution in [-0.4, -0.2) is 21.0 Å². The average Bonchev–Trinajstić information content (AvgIpc) is 2.38. The first-order chi connectivity index (χ1) is 9.13. The second-order valence-corrected chi connectivity index (χ2v) is 6.28. The van der Waals surface area contributed by atoms with Crippen molar-refractivity contribution in [2.24, 2.45) is 0 Å². The van der Waals surface area contributed by atoms with Crippen molar-refractivity contribution in [1.82, 2.24) is 0 Å². The molecule has 0 aliphatic carbocycles. The van der Waals surface area contributed by atoms with Crippen LogP contribution in [0.25, 0.3) is 0 Å². The van der Waals surface area contributed by atoms with Crippen LogP contribution in [-0.2, 0) is 16.6 Å². The second kappa shape index (κ2) is 8.86. The molecule has 106 valence electrons. The molecule has 0 saturated heterocycles. The Morgan fingerprint density at radius 2 is 1.95 bits per heavy atom. The number of aromatic carboxylic acids is 1. The van der Waals surface area contributed by atoms with Gasteiger partial charge in [-0.15, -0.1) is 0 Å². The Labute approximate surface area is 117 Å². The molecule has 1 atom stereocenters. The number of carboxylic acids is 1. The average molecular weight is 282 g/mol. The van der Waals surface area contributed by atoms with Crippen LogP contribution >= 0.6 is 0 Å². The van der Waals surface area contributed by atoms with Crippen molar-refractivity contribution in [2.45, 2.75) is 44.8 Å². The van der Waals surface area contributed by atoms with E-state index in [0.717, 1.165) is 18.4 Å². The van der Waals surface area contributed by atoms with Crippen LogP contribution in [0.15, 0.2) is 24.3 Å². The minimum absolute atomic E-state index is 0.262. The van der Waals surface area contributed by atoms with Crippen molar-refractivity contribution in [3.05, 3.63) is 35.4 Å². The van der Waals surface area contributed by atoms with E-state index in [1.54, 1.807) is 18.2 Å². The van der Waals surface area contributed by atoms with Crippen molar-refractivity contribution in [2.75, 3.05) is 5.75 Å². The third kappa shape index (κ3) is 6.53. The number of carbonyl (C=O) groups is 1. The Hall–Kier alpha value is -1.16. The maximum absolute atomic E-state index is 11.9. The fraction of sp³-hybridized carbons (Fsp3) is 0.533. The first kappa shape index (κ1) is 15.9. The van der Waals surface area contributed by atoms with Gasteiger partial charge in [0, 0.05) is 22.3 Å². The Morgan fingerprint density at radius 3 is 2.63 bits per heavy atom. The van der Waals surface area contributed by atoms with Crippen LogP contribution < -0.4 is 0 Å². The zero-order chi connectivity index (χ0) is 14.1. The number of rotatable bonds is 9. The first-order valence-corrected chi connectivity index (χ1v) is 8.29. The predicted molar refractivity (Wildman–Crippen MR) is 78.9 cm³/mol. The van der Waals surface area contributed by atoms with Crippen LogP contribution in [0.2, 0.25) is 0 Å². The maximum Gasteiger partial charge on any atom is 0.335 e. The lowest BCUT2D eigenvalue weighted by molar-refractivity contribution is 0.0696. The van der Waals surface area contributed by atoms with E-state index in [1.165, 1.54) is 19.3 Å². The van der Waals surface area contributed by atoms with Gasteiger partial charge in [-0.2, -0.15) is 0 Å². The Balaban J connectivity index is 2.35. The number of carboxylic acid groups (broad SMARTS) is 1. The molecule has 1 N–H and O–H groups in total. The van der Waals surface area contributed by atoms with E-state index in [0.29, 0.717) is 11.5 Å². The quantitative estimate of drug-likeness (QED) is 0.704. The fourth-order valence-corrected chi connectivity index (χ4v) is 3.14. The molecule has 0 heterocycles. The largest absolute Gasteiger partial charge is 0.478 e. The molecule has 0 radical (unpaired) electrons. The zero-order valence-corrected chi connectivity index (χ0v) is 12.2. The van der Waals surface area contributed by atoms with E-state index in [1.807, 2.05) is 6.07 Å². The van der Waals surface area contributed by atoms with E-state index in [4.69, 9.17) is 5.11 Å². The summed E-state index contributed by atoms with van der Waals surface area (Å²) in [6.07, 6.45) is 5.79. The summed E-state index contributed by atoms with van der Waals surface area (Å²) in [5, 5.41) is 8.89. The van der Waals surface area contributed by atoms with Crippen LogP contribution in [0.5, 0.6) is 0 Å². The highest BCUT2D eigenvalue weighted by molar-refractivity contribution is 7.84. The highest BCUT2D eigenvalue weighted by atomic mass is 32.2. The molecule has 0 amide bonds. The van der Waals surface area contributed by atoms with E-state index in [-0.39, 0.29) is 5.56 Å². The number of unbranched alkanes of at least 4 members (excludes halogenated alkanes) is 4. The normalized spacial score (nSPS) is 12.3. The second-order valence-electron chi connectivity index (χ2n) is 4.71. The van der Waals surface area contributed by atoms with Gasteiger partial charge < -0.3 is 5.11 Å². The molecular formula is C15H22O3S. The van der Waals surface area contributed by atoms with E-state index in [2.05, 4.69) is 6.92 Å². The van der Waals surface area contributed by atoms with Crippen molar-refractivity contribution >= 4 is 16.8 Å². The summed E-state index contributed by atoms with van der Waals surface area (Å²) in [5.74, 6) is 0.225. The molecule has 0 aliphatic heterocycles. The SMILES string of the molecule is CCCCCCCS(=O)Cc1cccc(C(=O)O)c1. The maximum atomic E-state index is 11.9. The lowest BCUT2D eigenvalue weighted by Crippen LogP contribution is -2.03. The Morgan fingerprint density at radius 1 is 1.21 bits per heavy atom. The van der Waals surface area contributed by atoms with Gasteiger partial charge in [-0.25, -0.2) is 4.79 Å². The van der Waals surface area contributed by atoms with Gasteiger partial charge >= 0.3 is 5.97 Å². The smallest absolute Gasteiger partial charge is 0.335 e. The lowest BCUT2D eigenvalue weighted by Gasteiger charge is -2.04. The summed E-state index contributed by atoms with van der Waals surface area (Å²) < 4.78 is 11.9. The minimum Gasteiger partial charge on any atom is -0.478 e. The summed E-state index contributed by atoms with van der Waals surface area (Å²) in [7, 11) is -0.891. The Kier molecular flexibility index (Phi) is 7.41. The summed E-state index contributed by atoms with van der Waals surface area (Å²) in [5.41, 5.74) is 1.10. The van der Waals surface area contributed by atoms with Gasteiger partial charge in [0.25, 0.3) is 0 Å². The van der Waals surface area contributed by atoms with Crippen molar-refractivity contribution in [1.29, 1.82) is 0 Å². The lowest BCUT2D eigenvalue weighted by atomic mass is 10.1. The van der Waals surface area contributed by atoms with Gasteiger partial charge in [-0.05, 0) is 24.1 Å². The van der Waals surface area contributed by atoms with E-state index in [9.17, 15) is 9.00 Å². The standard InChI is InChI=1S/C15H22O3S/c1-2-3-4-5-6-10-19(18)12-13-8-7-9-14(11-13)15(16)17/h7-9,11H,2-6,10,12H2,1H3,(H,16,17). The van der Waals surface area contributed by atoms with Crippen LogP contribution in [0.3, 0.4) is 0 Å². The molecular weight excluding hydrogens is 260 g/mol. The topological polar surface area (TPSA) is 54.4 Å². The molecule has 1 rings (SSSR count). The number of hydrogen-bond donors (Lipinski definition) is 1. The van der Waals surface area contributed by atoms with Gasteiger partial charge in [-0.3, -0.25) is 4.21 Å².